The van der Waals surface area contributed by atoms with Crippen molar-refractivity contribution in [2.45, 2.75) is 17.9 Å². The number of hydrogen-bond donors (Lipinski definition) is 2. The van der Waals surface area contributed by atoms with Gasteiger partial charge in [-0.05, 0) is 30.7 Å². The average Bonchev–Trinajstić information content (AvgIpc) is 2.67. The Balaban J connectivity index is 2.09. The van der Waals surface area contributed by atoms with E-state index >= 15 is 0 Å². The van der Waals surface area contributed by atoms with Crippen LogP contribution < -0.4 is 10.6 Å². The number of benzene rings is 2. The molecule has 2 aromatic carbocycles. The van der Waals surface area contributed by atoms with E-state index < -0.39 is 33.6 Å². The van der Waals surface area contributed by atoms with Crippen LogP contribution in [0, 0.1) is 6.92 Å². The second-order valence-corrected chi connectivity index (χ2v) is 8.97. The van der Waals surface area contributed by atoms with Crippen molar-refractivity contribution in [3.8, 4) is 0 Å². The van der Waals surface area contributed by atoms with Crippen LogP contribution in [0.2, 0.25) is 5.02 Å². The molecule has 0 radical (unpaired) electrons. The zero-order valence-corrected chi connectivity index (χ0v) is 17.3. The maximum Gasteiger partial charge on any atom is 0.338 e. The van der Waals surface area contributed by atoms with Crippen molar-refractivity contribution in [3.05, 3.63) is 76.0 Å². The lowest BCUT2D eigenvalue weighted by Crippen LogP contribution is -2.47. The molecule has 7 nitrogen and oxygen atoms in total. The van der Waals surface area contributed by atoms with Crippen LogP contribution in [-0.2, 0) is 19.4 Å². The van der Waals surface area contributed by atoms with E-state index in [9.17, 15) is 18.0 Å². The summed E-state index contributed by atoms with van der Waals surface area (Å²) in [7, 11) is -2.69. The number of rotatable bonds is 5. The largest absolute Gasteiger partial charge is 0.466 e. The summed E-state index contributed by atoms with van der Waals surface area (Å²) in [5, 5.41) is 5.37. The third-order valence-corrected chi connectivity index (χ3v) is 6.34. The minimum absolute atomic E-state index is 0.0126. The highest BCUT2D eigenvalue weighted by Crippen LogP contribution is 2.29. The van der Waals surface area contributed by atoms with Crippen LogP contribution >= 0.6 is 11.6 Å². The van der Waals surface area contributed by atoms with E-state index in [1.54, 1.807) is 18.2 Å². The van der Waals surface area contributed by atoms with E-state index in [4.69, 9.17) is 16.3 Å². The first-order valence-electron chi connectivity index (χ1n) is 8.65. The van der Waals surface area contributed by atoms with Gasteiger partial charge in [-0.1, -0.05) is 47.5 Å². The predicted octanol–water partition coefficient (Wildman–Crippen LogP) is 2.90. The Labute approximate surface area is 173 Å². The number of carbonyl (C=O) groups is 2. The Morgan fingerprint density at radius 2 is 1.86 bits per heavy atom. The zero-order chi connectivity index (χ0) is 21.2. The third kappa shape index (κ3) is 4.60. The summed E-state index contributed by atoms with van der Waals surface area (Å²) in [5.41, 5.74) is 1.62. The molecular weight excluding hydrogens is 416 g/mol. The number of amides is 2. The van der Waals surface area contributed by atoms with Crippen molar-refractivity contribution in [2.75, 3.05) is 12.9 Å². The van der Waals surface area contributed by atoms with E-state index in [-0.39, 0.29) is 21.2 Å². The second-order valence-electron chi connectivity index (χ2n) is 6.54. The Hall–Kier alpha value is -2.84. The summed E-state index contributed by atoms with van der Waals surface area (Å²) < 4.78 is 30.6. The number of sulfone groups is 1. The number of ether oxygens (including phenoxy) is 1. The summed E-state index contributed by atoms with van der Waals surface area (Å²) >= 11 is 5.90. The van der Waals surface area contributed by atoms with E-state index in [1.807, 2.05) is 19.1 Å². The Bertz CT molecular complexity index is 1090. The molecule has 2 N–H and O–H groups in total. The van der Waals surface area contributed by atoms with Crippen molar-refractivity contribution < 1.29 is 22.7 Å². The van der Waals surface area contributed by atoms with Gasteiger partial charge in [-0.3, -0.25) is 0 Å². The van der Waals surface area contributed by atoms with Crippen LogP contribution in [0.4, 0.5) is 4.79 Å². The first-order chi connectivity index (χ1) is 13.7. The van der Waals surface area contributed by atoms with Crippen LogP contribution in [0.25, 0.3) is 0 Å². The molecule has 0 spiro atoms. The van der Waals surface area contributed by atoms with Crippen molar-refractivity contribution >= 4 is 33.4 Å². The molecule has 1 aliphatic rings. The summed E-state index contributed by atoms with van der Waals surface area (Å²) in [5.74, 6) is -1.33. The number of methoxy groups -OCH3 is 1. The van der Waals surface area contributed by atoms with Gasteiger partial charge in [0.1, 0.15) is 0 Å². The lowest BCUT2D eigenvalue weighted by atomic mass is 9.95. The van der Waals surface area contributed by atoms with Gasteiger partial charge in [-0.15, -0.1) is 0 Å². The molecule has 0 bridgehead atoms. The first kappa shape index (κ1) is 20.9. The van der Waals surface area contributed by atoms with Crippen LogP contribution in [0.1, 0.15) is 17.2 Å². The second kappa shape index (κ2) is 8.26. The number of nitrogens with one attached hydrogen (secondary N) is 2. The number of aryl methyl sites for hydroxylation is 1. The molecule has 0 aliphatic carbocycles. The van der Waals surface area contributed by atoms with Crippen LogP contribution in [0.5, 0.6) is 0 Å². The first-order valence-corrected chi connectivity index (χ1v) is 10.7. The minimum atomic E-state index is -3.89. The SMILES string of the molecule is COC(=O)C1=C(CS(=O)(=O)c2cccc(Cl)c2)NC(=O)N[C@H]1c1ccc(C)cc1. The van der Waals surface area contributed by atoms with Crippen LogP contribution in [0.15, 0.2) is 64.7 Å². The van der Waals surface area contributed by atoms with Crippen molar-refractivity contribution in [1.29, 1.82) is 0 Å². The van der Waals surface area contributed by atoms with Gasteiger partial charge in [0, 0.05) is 10.7 Å². The molecule has 3 rings (SSSR count). The molecule has 0 aromatic heterocycles. The minimum Gasteiger partial charge on any atom is -0.466 e. The molecule has 1 aliphatic heterocycles. The number of carbonyl (C=O) groups excluding carboxylic acids is 2. The van der Waals surface area contributed by atoms with Crippen molar-refractivity contribution in [3.63, 3.8) is 0 Å². The summed E-state index contributed by atoms with van der Waals surface area (Å²) in [6.07, 6.45) is 0. The standard InChI is InChI=1S/C20H19ClN2O5S/c1-12-6-8-13(9-7-12)18-17(19(24)28-2)16(22-20(25)23-18)11-29(26,27)15-5-3-4-14(21)10-15/h3-10,18H,11H2,1-2H3,(H2,22,23,25)/t18-/m0/s1. The lowest BCUT2D eigenvalue weighted by Gasteiger charge is -2.29. The molecule has 0 fully saturated rings. The van der Waals surface area contributed by atoms with E-state index in [2.05, 4.69) is 10.6 Å². The van der Waals surface area contributed by atoms with Gasteiger partial charge in [0.2, 0.25) is 0 Å². The zero-order valence-electron chi connectivity index (χ0n) is 15.7. The maximum atomic E-state index is 12.9. The van der Waals surface area contributed by atoms with Gasteiger partial charge in [-0.2, -0.15) is 0 Å². The summed E-state index contributed by atoms with van der Waals surface area (Å²) in [6, 6.07) is 11.5. The van der Waals surface area contributed by atoms with Crippen molar-refractivity contribution in [2.24, 2.45) is 0 Å². The molecule has 29 heavy (non-hydrogen) atoms. The number of hydrogen-bond acceptors (Lipinski definition) is 5. The monoisotopic (exact) mass is 434 g/mol. The maximum absolute atomic E-state index is 12.9. The Morgan fingerprint density at radius 1 is 1.17 bits per heavy atom. The predicted molar refractivity (Wildman–Crippen MR) is 108 cm³/mol. The molecule has 0 saturated heterocycles. The van der Waals surface area contributed by atoms with Gasteiger partial charge >= 0.3 is 12.0 Å². The normalized spacial score (nSPS) is 16.8. The molecule has 2 amide bonds. The number of halogens is 1. The Kier molecular flexibility index (Phi) is 5.95. The van der Waals surface area contributed by atoms with Crippen LogP contribution in [-0.4, -0.2) is 33.3 Å². The van der Waals surface area contributed by atoms with E-state index in [0.29, 0.717) is 5.56 Å². The van der Waals surface area contributed by atoms with Crippen LogP contribution in [0.3, 0.4) is 0 Å². The summed E-state index contributed by atoms with van der Waals surface area (Å²) in [4.78, 5) is 24.7. The molecule has 1 atom stereocenters. The highest BCUT2D eigenvalue weighted by Gasteiger charge is 2.35. The third-order valence-electron chi connectivity index (χ3n) is 4.46. The highest BCUT2D eigenvalue weighted by molar-refractivity contribution is 7.91. The topological polar surface area (TPSA) is 102 Å². The molecule has 152 valence electrons. The number of urea groups is 1. The quantitative estimate of drug-likeness (QED) is 0.704. The smallest absolute Gasteiger partial charge is 0.338 e. The molecule has 0 unspecified atom stereocenters. The molecular formula is C20H19ClN2O5S. The average molecular weight is 435 g/mol. The number of esters is 1. The molecule has 0 saturated carbocycles. The fourth-order valence-corrected chi connectivity index (χ4v) is 4.65. The van der Waals surface area contributed by atoms with E-state index in [0.717, 1.165) is 5.56 Å². The molecule has 1 heterocycles. The van der Waals surface area contributed by atoms with Gasteiger partial charge in [0.15, 0.2) is 9.84 Å². The summed E-state index contributed by atoms with van der Waals surface area (Å²) in [6.45, 7) is 1.91. The van der Waals surface area contributed by atoms with Crippen molar-refractivity contribution in [1.82, 2.24) is 10.6 Å². The van der Waals surface area contributed by atoms with Gasteiger partial charge in [0.25, 0.3) is 0 Å². The van der Waals surface area contributed by atoms with Gasteiger partial charge < -0.3 is 15.4 Å². The van der Waals surface area contributed by atoms with E-state index in [1.165, 1.54) is 25.3 Å². The highest BCUT2D eigenvalue weighted by atomic mass is 35.5. The molecule has 2 aromatic rings. The lowest BCUT2D eigenvalue weighted by molar-refractivity contribution is -0.136. The Morgan fingerprint density at radius 3 is 2.48 bits per heavy atom. The van der Waals surface area contributed by atoms with Gasteiger partial charge in [-0.25, -0.2) is 18.0 Å². The molecule has 9 heteroatoms. The fourth-order valence-electron chi connectivity index (χ4n) is 3.03. The fraction of sp³-hybridized carbons (Fsp3) is 0.200. The van der Waals surface area contributed by atoms with Gasteiger partial charge in [0.05, 0.1) is 29.4 Å².